The minimum atomic E-state index is -3.62. The molecule has 13 heteroatoms. The van der Waals surface area contributed by atoms with Gasteiger partial charge in [-0.1, -0.05) is 18.6 Å². The van der Waals surface area contributed by atoms with Crippen molar-refractivity contribution >= 4 is 44.8 Å². The van der Waals surface area contributed by atoms with Gasteiger partial charge in [-0.25, -0.2) is 23.5 Å². The number of anilines is 1. The number of cyclic esters (lactones) is 1. The molecule has 4 heterocycles. The molecular formula is C27H33N3O8S2. The van der Waals surface area contributed by atoms with E-state index in [9.17, 15) is 22.8 Å². The van der Waals surface area contributed by atoms with E-state index < -0.39 is 32.9 Å². The normalized spacial score (nSPS) is 24.4. The summed E-state index contributed by atoms with van der Waals surface area (Å²) in [6.45, 7) is 1.09. The zero-order chi connectivity index (χ0) is 28.2. The Kier molecular flexibility index (Phi) is 8.74. The quantitative estimate of drug-likeness (QED) is 0.422. The number of nitrogens with zero attached hydrogens (tertiary/aromatic N) is 1. The molecule has 3 amide bonds. The summed E-state index contributed by atoms with van der Waals surface area (Å²) >= 11 is 1.33. The Labute approximate surface area is 237 Å². The molecule has 3 aliphatic rings. The predicted molar refractivity (Wildman–Crippen MR) is 148 cm³/mol. The Morgan fingerprint density at radius 3 is 2.73 bits per heavy atom. The summed E-state index contributed by atoms with van der Waals surface area (Å²) < 4.78 is 36.0. The monoisotopic (exact) mass is 591 g/mol. The fraction of sp³-hybridized carbons (Fsp3) is 0.519. The number of rotatable bonds is 9. The average Bonchev–Trinajstić information content (AvgIpc) is 3.59. The Morgan fingerprint density at radius 2 is 1.98 bits per heavy atom. The highest BCUT2D eigenvalue weighted by Crippen LogP contribution is 2.47. The Hall–Kier alpha value is -3.00. The van der Waals surface area contributed by atoms with Crippen LogP contribution in [-0.4, -0.2) is 69.6 Å². The maximum absolute atomic E-state index is 13.5. The molecule has 3 saturated heterocycles. The van der Waals surface area contributed by atoms with Crippen LogP contribution in [0.3, 0.4) is 0 Å². The summed E-state index contributed by atoms with van der Waals surface area (Å²) in [5.74, 6) is -0.824. The van der Waals surface area contributed by atoms with Crippen LogP contribution < -0.4 is 10.8 Å². The molecule has 0 spiro atoms. The van der Waals surface area contributed by atoms with Crippen molar-refractivity contribution in [2.45, 2.75) is 56.0 Å². The number of hydroxylamine groups is 1. The lowest BCUT2D eigenvalue weighted by Gasteiger charge is -2.35. The van der Waals surface area contributed by atoms with Gasteiger partial charge in [0.1, 0.15) is 17.9 Å². The summed E-state index contributed by atoms with van der Waals surface area (Å²) in [5.41, 5.74) is 3.77. The first-order valence-corrected chi connectivity index (χ1v) is 15.9. The van der Waals surface area contributed by atoms with Gasteiger partial charge in [-0.2, -0.15) is 0 Å². The van der Waals surface area contributed by atoms with Crippen molar-refractivity contribution in [1.29, 1.82) is 0 Å². The van der Waals surface area contributed by atoms with Crippen LogP contribution in [0.25, 0.3) is 10.4 Å². The molecule has 0 bridgehead atoms. The third-order valence-corrected chi connectivity index (χ3v) is 11.4. The lowest BCUT2D eigenvalue weighted by molar-refractivity contribution is -0.200. The number of ether oxygens (including phenoxy) is 2. The number of nitrogens with one attached hydrogen (secondary N) is 2. The SMILES string of the molecule is O=C(C[C@]1(c2ccc(-c3cccc(NC(=O)CN4CCOC4=O)c3)s2)CCCCS1(=O)=O)NOC1CCCCO1. The molecule has 1 aromatic heterocycles. The van der Waals surface area contributed by atoms with Gasteiger partial charge in [-0.05, 0) is 55.5 Å². The molecule has 216 valence electrons. The molecule has 1 aromatic carbocycles. The number of carbonyl (C=O) groups is 3. The first-order chi connectivity index (χ1) is 19.3. The molecule has 5 rings (SSSR count). The fourth-order valence-electron chi connectivity index (χ4n) is 5.28. The Morgan fingerprint density at radius 1 is 1.10 bits per heavy atom. The zero-order valence-corrected chi connectivity index (χ0v) is 23.7. The van der Waals surface area contributed by atoms with E-state index in [1.54, 1.807) is 24.3 Å². The largest absolute Gasteiger partial charge is 0.448 e. The van der Waals surface area contributed by atoms with E-state index in [0.29, 0.717) is 49.4 Å². The van der Waals surface area contributed by atoms with E-state index in [0.717, 1.165) is 23.3 Å². The molecule has 0 radical (unpaired) electrons. The molecule has 1 unspecified atom stereocenters. The van der Waals surface area contributed by atoms with Gasteiger partial charge in [0.15, 0.2) is 16.1 Å². The summed E-state index contributed by atoms with van der Waals surface area (Å²) in [6.07, 6.45) is 2.88. The average molecular weight is 592 g/mol. The molecular weight excluding hydrogens is 558 g/mol. The second-order valence-electron chi connectivity index (χ2n) is 10.2. The highest BCUT2D eigenvalue weighted by Gasteiger charge is 2.49. The van der Waals surface area contributed by atoms with E-state index in [1.807, 2.05) is 12.1 Å². The maximum atomic E-state index is 13.5. The van der Waals surface area contributed by atoms with Gasteiger partial charge in [0.05, 0.1) is 18.7 Å². The van der Waals surface area contributed by atoms with Crippen LogP contribution in [0.5, 0.6) is 0 Å². The minimum Gasteiger partial charge on any atom is -0.448 e. The summed E-state index contributed by atoms with van der Waals surface area (Å²) in [7, 11) is -3.62. The van der Waals surface area contributed by atoms with Crippen LogP contribution in [0.2, 0.25) is 0 Å². The van der Waals surface area contributed by atoms with Crippen molar-refractivity contribution < 1.29 is 37.1 Å². The second-order valence-corrected chi connectivity index (χ2v) is 13.7. The number of carbonyl (C=O) groups excluding carboxylic acids is 3. The number of amides is 3. The zero-order valence-electron chi connectivity index (χ0n) is 22.1. The van der Waals surface area contributed by atoms with Crippen LogP contribution in [0, 0.1) is 0 Å². The first kappa shape index (κ1) is 28.5. The van der Waals surface area contributed by atoms with Crippen molar-refractivity contribution in [3.05, 3.63) is 41.3 Å². The van der Waals surface area contributed by atoms with E-state index in [4.69, 9.17) is 14.3 Å². The van der Waals surface area contributed by atoms with E-state index in [-0.39, 0.29) is 31.2 Å². The van der Waals surface area contributed by atoms with Crippen LogP contribution >= 0.6 is 11.3 Å². The molecule has 40 heavy (non-hydrogen) atoms. The van der Waals surface area contributed by atoms with Crippen molar-refractivity contribution in [2.75, 3.05) is 37.4 Å². The van der Waals surface area contributed by atoms with Crippen LogP contribution in [0.4, 0.5) is 10.5 Å². The third kappa shape index (κ3) is 6.32. The smallest absolute Gasteiger partial charge is 0.410 e. The van der Waals surface area contributed by atoms with Gasteiger partial charge in [0.25, 0.3) is 0 Å². The molecule has 3 fully saturated rings. The number of hydrogen-bond donors (Lipinski definition) is 2. The Bertz CT molecular complexity index is 1350. The van der Waals surface area contributed by atoms with E-state index >= 15 is 0 Å². The van der Waals surface area contributed by atoms with E-state index in [1.165, 1.54) is 16.2 Å². The highest BCUT2D eigenvalue weighted by molar-refractivity contribution is 7.92. The number of hydrogen-bond acceptors (Lipinski definition) is 9. The van der Waals surface area contributed by atoms with Gasteiger partial charge in [-0.3, -0.25) is 14.5 Å². The predicted octanol–water partition coefficient (Wildman–Crippen LogP) is 3.56. The first-order valence-electron chi connectivity index (χ1n) is 13.5. The van der Waals surface area contributed by atoms with Gasteiger partial charge in [-0.15, -0.1) is 11.3 Å². The van der Waals surface area contributed by atoms with Gasteiger partial charge >= 0.3 is 6.09 Å². The lowest BCUT2D eigenvalue weighted by Crippen LogP contribution is -2.45. The second kappa shape index (κ2) is 12.2. The minimum absolute atomic E-state index is 0.0200. The molecule has 2 aromatic rings. The van der Waals surface area contributed by atoms with Crippen molar-refractivity contribution in [2.24, 2.45) is 0 Å². The van der Waals surface area contributed by atoms with Gasteiger partial charge < -0.3 is 14.8 Å². The lowest BCUT2D eigenvalue weighted by atomic mass is 9.94. The molecule has 2 N–H and O–H groups in total. The molecule has 3 aliphatic heterocycles. The number of benzene rings is 1. The molecule has 0 aliphatic carbocycles. The molecule has 2 atom stereocenters. The van der Waals surface area contributed by atoms with Crippen molar-refractivity contribution in [3.8, 4) is 10.4 Å². The number of thiophene rings is 1. The van der Waals surface area contributed by atoms with Crippen LogP contribution in [0.15, 0.2) is 36.4 Å². The molecule has 11 nitrogen and oxygen atoms in total. The van der Waals surface area contributed by atoms with E-state index in [2.05, 4.69) is 10.8 Å². The Balaban J connectivity index is 1.32. The standard InChI is InChI=1S/C27H33N3O8S2/c31-23(29-38-25-8-1-3-13-36-25)17-27(11-2-4-15-40(27,34)35)22-10-9-21(39-22)19-6-5-7-20(16-19)28-24(32)18-30-12-14-37-26(30)33/h5-7,9-10,16,25H,1-4,8,11-15,17-18H2,(H,28,32)(H,29,31)/t25?,27-/m0/s1. The molecule has 0 saturated carbocycles. The fourth-order valence-corrected chi connectivity index (χ4v) is 9.05. The van der Waals surface area contributed by atoms with Crippen molar-refractivity contribution in [3.63, 3.8) is 0 Å². The van der Waals surface area contributed by atoms with Crippen LogP contribution in [0.1, 0.15) is 49.8 Å². The highest BCUT2D eigenvalue weighted by atomic mass is 32.2. The topological polar surface area (TPSA) is 140 Å². The summed E-state index contributed by atoms with van der Waals surface area (Å²) in [5, 5.41) is 2.80. The summed E-state index contributed by atoms with van der Waals surface area (Å²) in [4.78, 5) is 45.2. The van der Waals surface area contributed by atoms with Crippen molar-refractivity contribution in [1.82, 2.24) is 10.4 Å². The van der Waals surface area contributed by atoms with Crippen LogP contribution in [-0.2, 0) is 38.5 Å². The maximum Gasteiger partial charge on any atom is 0.410 e. The summed E-state index contributed by atoms with van der Waals surface area (Å²) in [6, 6.07) is 10.8. The van der Waals surface area contributed by atoms with Gasteiger partial charge in [0, 0.05) is 28.5 Å². The third-order valence-electron chi connectivity index (χ3n) is 7.39. The van der Waals surface area contributed by atoms with Gasteiger partial charge in [0.2, 0.25) is 11.8 Å². The number of sulfone groups is 1.